The molecule has 3 heterocycles. The fraction of sp³-hybridized carbons (Fsp3) is 0.208. The highest BCUT2D eigenvalue weighted by atomic mass is 16.2. The van der Waals surface area contributed by atoms with Gasteiger partial charge in [0.2, 0.25) is 0 Å². The van der Waals surface area contributed by atoms with Gasteiger partial charge in [-0.05, 0) is 55.5 Å². The number of hydrogen-bond acceptors (Lipinski definition) is 6. The van der Waals surface area contributed by atoms with E-state index in [0.29, 0.717) is 40.6 Å². The average molecular weight is 457 g/mol. The van der Waals surface area contributed by atoms with Crippen LogP contribution in [0.25, 0.3) is 16.6 Å². The number of pyridine rings is 1. The molecule has 0 atom stereocenters. The molecule has 0 aliphatic heterocycles. The van der Waals surface area contributed by atoms with Crippen molar-refractivity contribution < 1.29 is 9.59 Å². The van der Waals surface area contributed by atoms with Crippen molar-refractivity contribution >= 4 is 34.8 Å². The van der Waals surface area contributed by atoms with E-state index in [9.17, 15) is 9.59 Å². The normalized spacial score (nSPS) is 13.0. The number of amides is 3. The number of nitrogens with zero attached hydrogens (tertiary/aromatic N) is 4. The number of fused-ring (bicyclic) bond motifs is 1. The predicted molar refractivity (Wildman–Crippen MR) is 130 cm³/mol. The van der Waals surface area contributed by atoms with Crippen molar-refractivity contribution in [2.24, 2.45) is 5.92 Å². The highest BCUT2D eigenvalue weighted by Crippen LogP contribution is 2.33. The number of carbonyl (C=O) groups excluding carboxylic acids is 2. The molecular weight excluding hydrogens is 432 g/mol. The first kappa shape index (κ1) is 21.4. The lowest BCUT2D eigenvalue weighted by atomic mass is 10.0. The minimum atomic E-state index is -0.405. The number of benzene rings is 1. The molecule has 1 aliphatic rings. The number of rotatable bonds is 6. The molecule has 0 unspecified atom stereocenters. The standard InChI is InChI=1S/C24H24N8O2/c1-14-3-2-4-19(29-14)31-24(34)30-17-9-7-16(8-10-17)20-18(23(33)26-11-15-5-6-15)12-32-21(20)22(25)27-13-28-32/h2-4,7-10,12-13,15H,5-6,11H2,1H3,(H,26,33)(H2,25,27,28)(H2,29,30,31,34). The van der Waals surface area contributed by atoms with Crippen LogP contribution in [0, 0.1) is 12.8 Å². The lowest BCUT2D eigenvalue weighted by Gasteiger charge is -2.10. The fourth-order valence-corrected chi connectivity index (χ4v) is 3.76. The minimum absolute atomic E-state index is 0.181. The van der Waals surface area contributed by atoms with Gasteiger partial charge in [-0.25, -0.2) is 19.3 Å². The van der Waals surface area contributed by atoms with Gasteiger partial charge in [0.15, 0.2) is 5.82 Å². The van der Waals surface area contributed by atoms with Crippen LogP contribution in [-0.4, -0.2) is 38.1 Å². The van der Waals surface area contributed by atoms with Gasteiger partial charge in [-0.2, -0.15) is 5.10 Å². The van der Waals surface area contributed by atoms with Gasteiger partial charge in [0.25, 0.3) is 5.91 Å². The van der Waals surface area contributed by atoms with E-state index in [-0.39, 0.29) is 11.7 Å². The molecule has 1 fully saturated rings. The van der Waals surface area contributed by atoms with Crippen molar-refractivity contribution in [2.45, 2.75) is 19.8 Å². The zero-order valence-electron chi connectivity index (χ0n) is 18.6. The summed E-state index contributed by atoms with van der Waals surface area (Å²) >= 11 is 0. The summed E-state index contributed by atoms with van der Waals surface area (Å²) < 4.78 is 1.57. The first-order chi connectivity index (χ1) is 16.5. The van der Waals surface area contributed by atoms with Gasteiger partial charge in [0.05, 0.1) is 5.56 Å². The first-order valence-electron chi connectivity index (χ1n) is 11.0. The number of anilines is 3. The number of urea groups is 1. The van der Waals surface area contributed by atoms with E-state index in [4.69, 9.17) is 5.73 Å². The highest BCUT2D eigenvalue weighted by Gasteiger charge is 2.25. The summed E-state index contributed by atoms with van der Waals surface area (Å²) in [5.74, 6) is 1.12. The van der Waals surface area contributed by atoms with Crippen LogP contribution in [0.1, 0.15) is 28.9 Å². The maximum atomic E-state index is 13.0. The Bertz CT molecular complexity index is 1380. The summed E-state index contributed by atoms with van der Waals surface area (Å²) in [6.07, 6.45) is 5.31. The Morgan fingerprint density at radius 3 is 2.65 bits per heavy atom. The van der Waals surface area contributed by atoms with Crippen molar-refractivity contribution in [3.8, 4) is 11.1 Å². The Morgan fingerprint density at radius 2 is 1.91 bits per heavy atom. The second-order valence-electron chi connectivity index (χ2n) is 8.33. The number of nitrogen functional groups attached to an aromatic ring is 1. The van der Waals surface area contributed by atoms with E-state index in [2.05, 4.69) is 31.0 Å². The van der Waals surface area contributed by atoms with Crippen molar-refractivity contribution in [3.05, 3.63) is 66.2 Å². The zero-order valence-corrected chi connectivity index (χ0v) is 18.6. The predicted octanol–water partition coefficient (Wildman–Crippen LogP) is 3.47. The van der Waals surface area contributed by atoms with Gasteiger partial charge in [-0.3, -0.25) is 10.1 Å². The molecule has 3 amide bonds. The summed E-state index contributed by atoms with van der Waals surface area (Å²) in [7, 11) is 0. The molecular formula is C24H24N8O2. The molecule has 5 rings (SSSR count). The number of aromatic nitrogens is 4. The summed E-state index contributed by atoms with van der Waals surface area (Å²) in [5.41, 5.74) is 9.97. The van der Waals surface area contributed by atoms with Crippen LogP contribution in [0.2, 0.25) is 0 Å². The Balaban J connectivity index is 1.40. The molecule has 0 saturated heterocycles. The van der Waals surface area contributed by atoms with Gasteiger partial charge < -0.3 is 16.4 Å². The zero-order chi connectivity index (χ0) is 23.7. The topological polar surface area (TPSA) is 139 Å². The molecule has 0 bridgehead atoms. The summed E-state index contributed by atoms with van der Waals surface area (Å²) in [6, 6.07) is 12.1. The smallest absolute Gasteiger partial charge is 0.324 e. The molecule has 172 valence electrons. The second kappa shape index (κ2) is 8.81. The molecule has 1 aromatic carbocycles. The van der Waals surface area contributed by atoms with E-state index in [0.717, 1.165) is 24.1 Å². The number of hydrogen-bond donors (Lipinski definition) is 4. The Labute approximate surface area is 195 Å². The molecule has 10 heteroatoms. The molecule has 4 aromatic rings. The van der Waals surface area contributed by atoms with Gasteiger partial charge in [0.1, 0.15) is 17.7 Å². The van der Waals surface area contributed by atoms with E-state index in [1.165, 1.54) is 6.33 Å². The van der Waals surface area contributed by atoms with Gasteiger partial charge in [-0.1, -0.05) is 18.2 Å². The maximum Gasteiger partial charge on any atom is 0.324 e. The Morgan fingerprint density at radius 1 is 1.12 bits per heavy atom. The third-order valence-electron chi connectivity index (χ3n) is 5.66. The lowest BCUT2D eigenvalue weighted by molar-refractivity contribution is 0.0952. The number of nitrogens with one attached hydrogen (secondary N) is 3. The largest absolute Gasteiger partial charge is 0.382 e. The Kier molecular flexibility index (Phi) is 5.54. The monoisotopic (exact) mass is 456 g/mol. The fourth-order valence-electron chi connectivity index (χ4n) is 3.76. The van der Waals surface area contributed by atoms with Gasteiger partial charge in [0, 0.05) is 29.7 Å². The van der Waals surface area contributed by atoms with Crippen LogP contribution in [0.5, 0.6) is 0 Å². The van der Waals surface area contributed by atoms with E-state index in [1.54, 1.807) is 28.9 Å². The van der Waals surface area contributed by atoms with Crippen LogP contribution in [-0.2, 0) is 0 Å². The molecule has 10 nitrogen and oxygen atoms in total. The van der Waals surface area contributed by atoms with Crippen molar-refractivity contribution in [1.82, 2.24) is 24.9 Å². The number of aryl methyl sites for hydroxylation is 1. The Hall–Kier alpha value is -4.47. The molecule has 0 spiro atoms. The maximum absolute atomic E-state index is 13.0. The number of carbonyl (C=O) groups is 2. The summed E-state index contributed by atoms with van der Waals surface area (Å²) in [6.45, 7) is 2.50. The molecule has 1 aliphatic carbocycles. The highest BCUT2D eigenvalue weighted by molar-refractivity contribution is 6.07. The molecule has 1 saturated carbocycles. The van der Waals surface area contributed by atoms with Crippen LogP contribution >= 0.6 is 0 Å². The van der Waals surface area contributed by atoms with Crippen molar-refractivity contribution in [2.75, 3.05) is 22.9 Å². The number of nitrogens with two attached hydrogens (primary N) is 1. The van der Waals surface area contributed by atoms with E-state index in [1.807, 2.05) is 31.2 Å². The molecule has 5 N–H and O–H groups in total. The molecule has 0 radical (unpaired) electrons. The van der Waals surface area contributed by atoms with Crippen molar-refractivity contribution in [3.63, 3.8) is 0 Å². The van der Waals surface area contributed by atoms with Gasteiger partial charge in [-0.15, -0.1) is 0 Å². The molecule has 3 aromatic heterocycles. The van der Waals surface area contributed by atoms with Crippen molar-refractivity contribution in [1.29, 1.82) is 0 Å². The van der Waals surface area contributed by atoms with Crippen LogP contribution < -0.4 is 21.7 Å². The molecule has 34 heavy (non-hydrogen) atoms. The third-order valence-corrected chi connectivity index (χ3v) is 5.66. The second-order valence-corrected chi connectivity index (χ2v) is 8.33. The quantitative estimate of drug-likeness (QED) is 0.350. The first-order valence-corrected chi connectivity index (χ1v) is 11.0. The van der Waals surface area contributed by atoms with Crippen LogP contribution in [0.4, 0.5) is 22.1 Å². The van der Waals surface area contributed by atoms with E-state index >= 15 is 0 Å². The SMILES string of the molecule is Cc1cccc(NC(=O)Nc2ccc(-c3c(C(=O)NCC4CC4)cn4ncnc(N)c34)cc2)n1. The van der Waals surface area contributed by atoms with Crippen LogP contribution in [0.15, 0.2) is 55.0 Å². The average Bonchev–Trinajstić information content (AvgIpc) is 3.56. The van der Waals surface area contributed by atoms with Gasteiger partial charge >= 0.3 is 6.03 Å². The van der Waals surface area contributed by atoms with E-state index < -0.39 is 6.03 Å². The third kappa shape index (κ3) is 4.51. The summed E-state index contributed by atoms with van der Waals surface area (Å²) in [4.78, 5) is 33.7. The minimum Gasteiger partial charge on any atom is -0.382 e. The lowest BCUT2D eigenvalue weighted by Crippen LogP contribution is -2.25. The summed E-state index contributed by atoms with van der Waals surface area (Å²) in [5, 5.41) is 12.7. The van der Waals surface area contributed by atoms with Crippen LogP contribution in [0.3, 0.4) is 0 Å².